The third-order valence-corrected chi connectivity index (χ3v) is 5.17. The van der Waals surface area contributed by atoms with Crippen LogP contribution in [-0.4, -0.2) is 88.1 Å². The summed E-state index contributed by atoms with van der Waals surface area (Å²) in [6.07, 6.45) is 1.25. The molecule has 0 radical (unpaired) electrons. The smallest absolute Gasteiger partial charge is 0.325 e. The van der Waals surface area contributed by atoms with E-state index in [0.29, 0.717) is 19.4 Å². The molecule has 1 heterocycles. The van der Waals surface area contributed by atoms with Gasteiger partial charge in [-0.2, -0.15) is 0 Å². The van der Waals surface area contributed by atoms with Crippen LogP contribution < -0.4 is 21.7 Å². The molecule has 1 aliphatic heterocycles. The monoisotopic (exact) mass is 457 g/mol. The molecule has 0 spiro atoms. The number of aliphatic hydroxyl groups is 1. The van der Waals surface area contributed by atoms with Crippen molar-refractivity contribution in [3.05, 3.63) is 0 Å². The van der Waals surface area contributed by atoms with Crippen LogP contribution in [0, 0.1) is 5.92 Å². The summed E-state index contributed by atoms with van der Waals surface area (Å²) in [6.45, 7) is 6.24. The van der Waals surface area contributed by atoms with E-state index in [2.05, 4.69) is 16.0 Å². The van der Waals surface area contributed by atoms with Crippen LogP contribution in [0.4, 0.5) is 0 Å². The van der Waals surface area contributed by atoms with Gasteiger partial charge in [0, 0.05) is 6.54 Å². The number of carbonyl (C=O) groups excluding carboxylic acids is 4. The zero-order chi connectivity index (χ0) is 24.6. The zero-order valence-corrected chi connectivity index (χ0v) is 19.0. The lowest BCUT2D eigenvalue weighted by molar-refractivity contribution is -0.142. The van der Waals surface area contributed by atoms with E-state index >= 15 is 0 Å². The fourth-order valence-corrected chi connectivity index (χ4v) is 3.34. The molecule has 0 unspecified atom stereocenters. The predicted octanol–water partition coefficient (Wildman–Crippen LogP) is -2.08. The van der Waals surface area contributed by atoms with Gasteiger partial charge in [0.05, 0.1) is 6.61 Å². The summed E-state index contributed by atoms with van der Waals surface area (Å²) >= 11 is 0. The van der Waals surface area contributed by atoms with Gasteiger partial charge in [-0.25, -0.2) is 0 Å². The molecule has 1 aliphatic rings. The van der Waals surface area contributed by atoms with Gasteiger partial charge < -0.3 is 36.8 Å². The molecule has 1 saturated heterocycles. The van der Waals surface area contributed by atoms with E-state index < -0.39 is 66.4 Å². The van der Waals surface area contributed by atoms with E-state index in [0.717, 1.165) is 0 Å². The van der Waals surface area contributed by atoms with Crippen LogP contribution in [0.15, 0.2) is 0 Å². The molecule has 0 aromatic carbocycles. The Labute approximate surface area is 187 Å². The molecule has 0 aromatic heterocycles. The highest BCUT2D eigenvalue weighted by Crippen LogP contribution is 2.18. The molecule has 0 bridgehead atoms. The lowest BCUT2D eigenvalue weighted by atomic mass is 10.0. The summed E-state index contributed by atoms with van der Waals surface area (Å²) in [4.78, 5) is 62.3. The molecule has 12 heteroatoms. The van der Waals surface area contributed by atoms with Crippen molar-refractivity contribution < 1.29 is 34.2 Å². The number of likely N-dealkylation sites (tertiary alicyclic amines) is 1. The average molecular weight is 458 g/mol. The number of hydrogen-bond donors (Lipinski definition) is 6. The number of carboxylic acids is 1. The van der Waals surface area contributed by atoms with Crippen LogP contribution in [0.5, 0.6) is 0 Å². The summed E-state index contributed by atoms with van der Waals surface area (Å²) in [5.74, 6) is -3.50. The number of aliphatic hydroxyl groups excluding tert-OH is 1. The molecule has 4 amide bonds. The number of hydrogen-bond acceptors (Lipinski definition) is 7. The summed E-state index contributed by atoms with van der Waals surface area (Å²) in [5.41, 5.74) is 5.57. The highest BCUT2D eigenvalue weighted by molar-refractivity contribution is 5.95. The second-order valence-electron chi connectivity index (χ2n) is 8.47. The number of amides is 4. The van der Waals surface area contributed by atoms with Gasteiger partial charge in [0.1, 0.15) is 30.2 Å². The Kier molecular flexibility index (Phi) is 10.5. The Morgan fingerprint density at radius 2 is 1.62 bits per heavy atom. The Bertz CT molecular complexity index is 714. The van der Waals surface area contributed by atoms with Crippen LogP contribution in [-0.2, 0) is 24.0 Å². The second-order valence-corrected chi connectivity index (χ2v) is 8.47. The van der Waals surface area contributed by atoms with Crippen molar-refractivity contribution in [1.82, 2.24) is 20.9 Å². The van der Waals surface area contributed by atoms with Crippen LogP contribution in [0.25, 0.3) is 0 Å². The molecule has 182 valence electrons. The molecule has 1 rings (SSSR count). The number of aliphatic carboxylic acids is 1. The Balaban J connectivity index is 2.77. The van der Waals surface area contributed by atoms with Crippen LogP contribution >= 0.6 is 0 Å². The number of carbonyl (C=O) groups is 5. The minimum absolute atomic E-state index is 0.0323. The fourth-order valence-electron chi connectivity index (χ4n) is 3.34. The quantitative estimate of drug-likeness (QED) is 0.204. The third-order valence-electron chi connectivity index (χ3n) is 5.17. The second kappa shape index (κ2) is 12.3. The highest BCUT2D eigenvalue weighted by Gasteiger charge is 2.37. The maximum Gasteiger partial charge on any atom is 0.325 e. The first-order valence-corrected chi connectivity index (χ1v) is 10.7. The van der Waals surface area contributed by atoms with Crippen molar-refractivity contribution in [2.24, 2.45) is 11.7 Å². The average Bonchev–Trinajstić information content (AvgIpc) is 3.21. The highest BCUT2D eigenvalue weighted by atomic mass is 16.4. The van der Waals surface area contributed by atoms with Crippen molar-refractivity contribution in [3.8, 4) is 0 Å². The van der Waals surface area contributed by atoms with E-state index in [1.807, 2.05) is 13.8 Å². The number of rotatable bonds is 11. The van der Waals surface area contributed by atoms with Crippen molar-refractivity contribution in [3.63, 3.8) is 0 Å². The van der Waals surface area contributed by atoms with Crippen LogP contribution in [0.3, 0.4) is 0 Å². The van der Waals surface area contributed by atoms with E-state index in [9.17, 15) is 24.0 Å². The molecule has 32 heavy (non-hydrogen) atoms. The van der Waals surface area contributed by atoms with Crippen molar-refractivity contribution >= 4 is 29.6 Å². The molecule has 1 fully saturated rings. The molecule has 0 aliphatic carbocycles. The molecule has 12 nitrogen and oxygen atoms in total. The van der Waals surface area contributed by atoms with Gasteiger partial charge in [0.15, 0.2) is 0 Å². The number of nitrogens with one attached hydrogen (secondary N) is 3. The number of nitrogens with two attached hydrogens (primary N) is 1. The van der Waals surface area contributed by atoms with E-state index in [1.54, 1.807) is 0 Å². The van der Waals surface area contributed by atoms with Gasteiger partial charge in [-0.1, -0.05) is 13.8 Å². The standard InChI is InChI=1S/C20H35N5O7/c1-10(2)8-14(17(28)23-12(4)20(31)32)24-16(27)11(3)22-18(29)15-6-5-7-25(15)19(30)13(21)9-26/h10-15,26H,5-9,21H2,1-4H3,(H,22,29)(H,23,28)(H,24,27)(H,31,32)/t11-,12-,13-,14-,15-/m0/s1. The first kappa shape index (κ1) is 27.3. The minimum Gasteiger partial charge on any atom is -0.480 e. The lowest BCUT2D eigenvalue weighted by Crippen LogP contribution is -2.57. The lowest BCUT2D eigenvalue weighted by Gasteiger charge is -2.27. The maximum absolute atomic E-state index is 12.7. The predicted molar refractivity (Wildman–Crippen MR) is 114 cm³/mol. The first-order valence-electron chi connectivity index (χ1n) is 10.7. The summed E-state index contributed by atoms with van der Waals surface area (Å²) < 4.78 is 0. The van der Waals surface area contributed by atoms with Gasteiger partial charge in [-0.05, 0) is 39.0 Å². The van der Waals surface area contributed by atoms with Gasteiger partial charge in [-0.15, -0.1) is 0 Å². The molecule has 5 atom stereocenters. The normalized spacial score (nSPS) is 19.6. The molecule has 0 saturated carbocycles. The minimum atomic E-state index is -1.20. The van der Waals surface area contributed by atoms with Gasteiger partial charge in [0.25, 0.3) is 0 Å². The largest absolute Gasteiger partial charge is 0.480 e. The van der Waals surface area contributed by atoms with Crippen molar-refractivity contribution in [1.29, 1.82) is 0 Å². The summed E-state index contributed by atoms with van der Waals surface area (Å²) in [6, 6.07) is -5.03. The SMILES string of the molecule is CC(C)C[C@H](NC(=O)[C@H](C)NC(=O)[C@@H]1CCCN1C(=O)[C@@H](N)CO)C(=O)N[C@@H](C)C(=O)O. The van der Waals surface area contributed by atoms with E-state index in [4.69, 9.17) is 15.9 Å². The summed E-state index contributed by atoms with van der Waals surface area (Å²) in [7, 11) is 0. The first-order chi connectivity index (χ1) is 14.9. The molecule has 7 N–H and O–H groups in total. The van der Waals surface area contributed by atoms with Crippen LogP contribution in [0.2, 0.25) is 0 Å². The summed E-state index contributed by atoms with van der Waals surface area (Å²) in [5, 5.41) is 25.5. The topological polar surface area (TPSA) is 191 Å². The van der Waals surface area contributed by atoms with Crippen LogP contribution in [0.1, 0.15) is 47.0 Å². The Morgan fingerprint density at radius 1 is 1.00 bits per heavy atom. The molecular weight excluding hydrogens is 422 g/mol. The van der Waals surface area contributed by atoms with Gasteiger partial charge in [0.2, 0.25) is 23.6 Å². The van der Waals surface area contributed by atoms with E-state index in [-0.39, 0.29) is 12.3 Å². The Morgan fingerprint density at radius 3 is 2.16 bits per heavy atom. The molecule has 0 aromatic rings. The third kappa shape index (κ3) is 7.75. The molecular formula is C20H35N5O7. The number of nitrogens with zero attached hydrogens (tertiary/aromatic N) is 1. The van der Waals surface area contributed by atoms with Gasteiger partial charge >= 0.3 is 5.97 Å². The van der Waals surface area contributed by atoms with Crippen molar-refractivity contribution in [2.75, 3.05) is 13.2 Å². The van der Waals surface area contributed by atoms with Crippen molar-refractivity contribution in [2.45, 2.75) is 77.2 Å². The van der Waals surface area contributed by atoms with Gasteiger partial charge in [-0.3, -0.25) is 24.0 Å². The zero-order valence-electron chi connectivity index (χ0n) is 19.0. The maximum atomic E-state index is 12.7. The fraction of sp³-hybridized carbons (Fsp3) is 0.750. The van der Waals surface area contributed by atoms with E-state index in [1.165, 1.54) is 18.7 Å². The number of carboxylic acid groups (broad SMARTS) is 1. The Hall–Kier alpha value is -2.73.